The van der Waals surface area contributed by atoms with Gasteiger partial charge in [0.05, 0.1) is 17.9 Å². The Morgan fingerprint density at radius 2 is 2.00 bits per heavy atom. The lowest BCUT2D eigenvalue weighted by atomic mass is 9.85. The number of carbonyl (C=O) groups is 1. The molecule has 4 rings (SSSR count). The highest BCUT2D eigenvalue weighted by atomic mass is 16.3. The lowest BCUT2D eigenvalue weighted by molar-refractivity contribution is -0.136. The van der Waals surface area contributed by atoms with E-state index in [0.29, 0.717) is 5.91 Å². The molecule has 0 bridgehead atoms. The molecule has 2 aliphatic heterocycles. The number of likely N-dealkylation sites (tertiary alicyclic amines) is 2. The minimum atomic E-state index is -0.159. The van der Waals surface area contributed by atoms with Crippen LogP contribution < -0.4 is 0 Å². The van der Waals surface area contributed by atoms with Crippen molar-refractivity contribution in [1.82, 2.24) is 9.80 Å². The first-order chi connectivity index (χ1) is 11.6. The van der Waals surface area contributed by atoms with Crippen molar-refractivity contribution in [2.45, 2.75) is 32.9 Å². The maximum Gasteiger partial charge on any atom is 0.230 e. The van der Waals surface area contributed by atoms with Crippen molar-refractivity contribution >= 4 is 5.91 Å². The van der Waals surface area contributed by atoms with Gasteiger partial charge in [0, 0.05) is 31.7 Å². The predicted octanol–water partition coefficient (Wildman–Crippen LogP) is 3.21. The number of furan rings is 1. The molecule has 0 radical (unpaired) electrons. The van der Waals surface area contributed by atoms with E-state index in [-0.39, 0.29) is 5.41 Å². The summed E-state index contributed by atoms with van der Waals surface area (Å²) in [5.74, 6) is 0.346. The minimum Gasteiger partial charge on any atom is -0.472 e. The normalized spacial score (nSPS) is 24.4. The van der Waals surface area contributed by atoms with Crippen molar-refractivity contribution < 1.29 is 9.21 Å². The van der Waals surface area contributed by atoms with Crippen molar-refractivity contribution in [3.63, 3.8) is 0 Å². The molecule has 4 nitrogen and oxygen atoms in total. The summed E-state index contributed by atoms with van der Waals surface area (Å²) in [6.45, 7) is 6.47. The van der Waals surface area contributed by atoms with Gasteiger partial charge in [0.15, 0.2) is 0 Å². The third-order valence-corrected chi connectivity index (χ3v) is 5.48. The number of hydrogen-bond acceptors (Lipinski definition) is 3. The van der Waals surface area contributed by atoms with Crippen LogP contribution in [-0.4, -0.2) is 35.3 Å². The van der Waals surface area contributed by atoms with Gasteiger partial charge in [0.1, 0.15) is 0 Å². The van der Waals surface area contributed by atoms with Crippen LogP contribution in [0.3, 0.4) is 0 Å². The van der Waals surface area contributed by atoms with E-state index in [4.69, 9.17) is 4.42 Å². The van der Waals surface area contributed by atoms with Crippen LogP contribution >= 0.6 is 0 Å². The van der Waals surface area contributed by atoms with Crippen molar-refractivity contribution in [3.8, 4) is 0 Å². The molecule has 0 N–H and O–H groups in total. The zero-order valence-electron chi connectivity index (χ0n) is 14.2. The Labute approximate surface area is 143 Å². The van der Waals surface area contributed by atoms with Gasteiger partial charge < -0.3 is 9.32 Å². The van der Waals surface area contributed by atoms with Gasteiger partial charge >= 0.3 is 0 Å². The standard InChI is InChI=1S/C20H24N2O2/c1-16-3-2-4-17(11-16)13-22-9-7-20(19(22)23)6-8-21(15-20)12-18-5-10-24-14-18/h2-5,10-11,14H,6-9,12-13,15H2,1H3/t20-/m1/s1. The first-order valence-corrected chi connectivity index (χ1v) is 8.73. The summed E-state index contributed by atoms with van der Waals surface area (Å²) >= 11 is 0. The van der Waals surface area contributed by atoms with Crippen LogP contribution in [-0.2, 0) is 17.9 Å². The van der Waals surface area contributed by atoms with E-state index in [1.165, 1.54) is 16.7 Å². The SMILES string of the molecule is Cc1cccc(CN2CC[C@@]3(CCN(Cc4ccoc4)C3)C2=O)c1. The van der Waals surface area contributed by atoms with E-state index in [9.17, 15) is 4.79 Å². The lowest BCUT2D eigenvalue weighted by Crippen LogP contribution is -2.36. The first-order valence-electron chi connectivity index (χ1n) is 8.73. The highest BCUT2D eigenvalue weighted by Crippen LogP contribution is 2.41. The zero-order valence-corrected chi connectivity index (χ0v) is 14.2. The molecule has 1 atom stereocenters. The van der Waals surface area contributed by atoms with Crippen LogP contribution in [0.25, 0.3) is 0 Å². The molecule has 2 fully saturated rings. The molecule has 0 aliphatic carbocycles. The van der Waals surface area contributed by atoms with Crippen molar-refractivity contribution in [2.75, 3.05) is 19.6 Å². The van der Waals surface area contributed by atoms with Gasteiger partial charge in [-0.1, -0.05) is 29.8 Å². The first kappa shape index (κ1) is 15.5. The molecule has 0 unspecified atom stereocenters. The largest absolute Gasteiger partial charge is 0.472 e. The molecular weight excluding hydrogens is 300 g/mol. The molecule has 0 saturated carbocycles. The maximum absolute atomic E-state index is 13.0. The molecule has 3 heterocycles. The summed E-state index contributed by atoms with van der Waals surface area (Å²) in [7, 11) is 0. The van der Waals surface area contributed by atoms with Crippen LogP contribution in [0.2, 0.25) is 0 Å². The Kier molecular flexibility index (Phi) is 3.93. The average Bonchev–Trinajstić information content (AvgIpc) is 3.27. The average molecular weight is 324 g/mol. The number of carbonyl (C=O) groups excluding carboxylic acids is 1. The molecule has 24 heavy (non-hydrogen) atoms. The van der Waals surface area contributed by atoms with Gasteiger partial charge in [-0.05, 0) is 37.9 Å². The van der Waals surface area contributed by atoms with E-state index in [2.05, 4.69) is 41.0 Å². The Morgan fingerprint density at radius 3 is 2.79 bits per heavy atom. The molecule has 4 heteroatoms. The molecule has 1 aromatic heterocycles. The quantitative estimate of drug-likeness (QED) is 0.866. The number of nitrogens with zero attached hydrogens (tertiary/aromatic N) is 2. The monoisotopic (exact) mass is 324 g/mol. The van der Waals surface area contributed by atoms with E-state index in [1.54, 1.807) is 12.5 Å². The number of hydrogen-bond donors (Lipinski definition) is 0. The number of aryl methyl sites for hydroxylation is 1. The van der Waals surface area contributed by atoms with Gasteiger partial charge in [0.25, 0.3) is 0 Å². The molecule has 2 aliphatic rings. The predicted molar refractivity (Wildman–Crippen MR) is 92.2 cm³/mol. The summed E-state index contributed by atoms with van der Waals surface area (Å²) in [6.07, 6.45) is 5.48. The topological polar surface area (TPSA) is 36.7 Å². The summed E-state index contributed by atoms with van der Waals surface area (Å²) in [5, 5.41) is 0. The molecule has 1 spiro atoms. The Morgan fingerprint density at radius 1 is 1.12 bits per heavy atom. The van der Waals surface area contributed by atoms with Gasteiger partial charge in [-0.3, -0.25) is 9.69 Å². The molecule has 126 valence electrons. The van der Waals surface area contributed by atoms with Crippen molar-refractivity contribution in [3.05, 3.63) is 59.5 Å². The second kappa shape index (κ2) is 6.10. The van der Waals surface area contributed by atoms with E-state index in [1.807, 2.05) is 6.07 Å². The minimum absolute atomic E-state index is 0.159. The molecule has 1 amide bonds. The molecule has 2 saturated heterocycles. The fourth-order valence-electron chi connectivity index (χ4n) is 4.19. The summed E-state index contributed by atoms with van der Waals surface area (Å²) < 4.78 is 5.15. The van der Waals surface area contributed by atoms with Crippen LogP contribution in [0.4, 0.5) is 0 Å². The van der Waals surface area contributed by atoms with Crippen LogP contribution in [0, 0.1) is 12.3 Å². The van der Waals surface area contributed by atoms with Crippen LogP contribution in [0.5, 0.6) is 0 Å². The maximum atomic E-state index is 13.0. The van der Waals surface area contributed by atoms with Crippen molar-refractivity contribution in [1.29, 1.82) is 0 Å². The van der Waals surface area contributed by atoms with Gasteiger partial charge in [-0.25, -0.2) is 0 Å². The third kappa shape index (κ3) is 2.86. The number of amides is 1. The van der Waals surface area contributed by atoms with E-state index in [0.717, 1.165) is 45.6 Å². The molecule has 2 aromatic rings. The summed E-state index contributed by atoms with van der Waals surface area (Å²) in [5.41, 5.74) is 3.51. The highest BCUT2D eigenvalue weighted by molar-refractivity contribution is 5.85. The second-order valence-corrected chi connectivity index (χ2v) is 7.34. The molecular formula is C20H24N2O2. The zero-order chi connectivity index (χ0) is 16.6. The number of benzene rings is 1. The fraction of sp³-hybridized carbons (Fsp3) is 0.450. The van der Waals surface area contributed by atoms with E-state index < -0.39 is 0 Å². The third-order valence-electron chi connectivity index (χ3n) is 5.48. The van der Waals surface area contributed by atoms with Gasteiger partial charge in [0.2, 0.25) is 5.91 Å². The van der Waals surface area contributed by atoms with Crippen LogP contribution in [0.15, 0.2) is 47.3 Å². The summed E-state index contributed by atoms with van der Waals surface area (Å²) in [6, 6.07) is 10.5. The number of rotatable bonds is 4. The summed E-state index contributed by atoms with van der Waals surface area (Å²) in [4.78, 5) is 17.5. The Bertz CT molecular complexity index is 725. The van der Waals surface area contributed by atoms with E-state index >= 15 is 0 Å². The molecule has 1 aromatic carbocycles. The Balaban J connectivity index is 1.41. The fourth-order valence-corrected chi connectivity index (χ4v) is 4.19. The lowest BCUT2D eigenvalue weighted by Gasteiger charge is -2.23. The smallest absolute Gasteiger partial charge is 0.230 e. The highest BCUT2D eigenvalue weighted by Gasteiger charge is 2.50. The van der Waals surface area contributed by atoms with Gasteiger partial charge in [-0.15, -0.1) is 0 Å². The van der Waals surface area contributed by atoms with Crippen LogP contribution in [0.1, 0.15) is 29.5 Å². The Hall–Kier alpha value is -2.07. The van der Waals surface area contributed by atoms with Crippen molar-refractivity contribution in [2.24, 2.45) is 5.41 Å². The van der Waals surface area contributed by atoms with Gasteiger partial charge in [-0.2, -0.15) is 0 Å². The second-order valence-electron chi connectivity index (χ2n) is 7.34.